The number of hydrogen-bond donors (Lipinski definition) is 2. The van der Waals surface area contributed by atoms with Crippen LogP contribution in [0.4, 0.5) is 0 Å². The van der Waals surface area contributed by atoms with E-state index in [2.05, 4.69) is 22.5 Å². The molecule has 0 amide bonds. The SMILES string of the molecule is C[C@@H]1CCCC[C@@H]1NC(=S)N[C@@H](c1ccc(Cl)cc1)c1nccn1C. The Morgan fingerprint density at radius 3 is 2.64 bits per heavy atom. The zero-order chi connectivity index (χ0) is 17.8. The van der Waals surface area contributed by atoms with Gasteiger partial charge < -0.3 is 15.2 Å². The molecule has 25 heavy (non-hydrogen) atoms. The summed E-state index contributed by atoms with van der Waals surface area (Å²) in [7, 11) is 1.99. The molecule has 0 aliphatic heterocycles. The van der Waals surface area contributed by atoms with Gasteiger partial charge in [0.1, 0.15) is 11.9 Å². The van der Waals surface area contributed by atoms with Gasteiger partial charge in [-0.25, -0.2) is 4.98 Å². The average Bonchev–Trinajstić information content (AvgIpc) is 3.01. The highest BCUT2D eigenvalue weighted by molar-refractivity contribution is 7.80. The molecule has 1 saturated carbocycles. The van der Waals surface area contributed by atoms with Crippen molar-refractivity contribution in [3.63, 3.8) is 0 Å². The van der Waals surface area contributed by atoms with Crippen molar-refractivity contribution in [3.8, 4) is 0 Å². The standard InChI is InChI=1S/C19H25ClN4S/c1-13-5-3-4-6-16(13)22-19(25)23-17(18-21-11-12-24(18)2)14-7-9-15(20)10-8-14/h7-13,16-17H,3-6H2,1-2H3,(H2,22,23,25)/t13-,16+,17+/m1/s1. The van der Waals surface area contributed by atoms with Crippen LogP contribution in [0, 0.1) is 5.92 Å². The van der Waals surface area contributed by atoms with Crippen LogP contribution in [0.5, 0.6) is 0 Å². The first-order chi connectivity index (χ1) is 12.0. The van der Waals surface area contributed by atoms with E-state index in [0.717, 1.165) is 16.4 Å². The van der Waals surface area contributed by atoms with Crippen LogP contribution in [0.1, 0.15) is 50.0 Å². The van der Waals surface area contributed by atoms with Gasteiger partial charge in [0.25, 0.3) is 0 Å². The number of imidazole rings is 1. The van der Waals surface area contributed by atoms with Crippen molar-refractivity contribution in [1.82, 2.24) is 20.2 Å². The van der Waals surface area contributed by atoms with Gasteiger partial charge in [-0.3, -0.25) is 0 Å². The van der Waals surface area contributed by atoms with Crippen molar-refractivity contribution in [2.24, 2.45) is 13.0 Å². The Morgan fingerprint density at radius 2 is 2.00 bits per heavy atom. The summed E-state index contributed by atoms with van der Waals surface area (Å²) in [6, 6.07) is 8.15. The first kappa shape index (κ1) is 18.2. The summed E-state index contributed by atoms with van der Waals surface area (Å²) in [6.07, 6.45) is 8.78. The Bertz CT molecular complexity index is 712. The molecule has 2 aromatic rings. The minimum atomic E-state index is -0.115. The fraction of sp³-hybridized carbons (Fsp3) is 0.474. The molecule has 1 fully saturated rings. The first-order valence-electron chi connectivity index (χ1n) is 8.84. The summed E-state index contributed by atoms with van der Waals surface area (Å²) in [5, 5.41) is 8.38. The second kappa shape index (κ2) is 8.19. The van der Waals surface area contributed by atoms with Crippen molar-refractivity contribution >= 4 is 28.9 Å². The molecule has 1 aliphatic carbocycles. The second-order valence-electron chi connectivity index (χ2n) is 6.87. The zero-order valence-corrected chi connectivity index (χ0v) is 16.3. The number of aromatic nitrogens is 2. The lowest BCUT2D eigenvalue weighted by Gasteiger charge is -2.31. The summed E-state index contributed by atoms with van der Waals surface area (Å²) in [4.78, 5) is 4.51. The summed E-state index contributed by atoms with van der Waals surface area (Å²) < 4.78 is 2.01. The molecule has 1 heterocycles. The minimum Gasteiger partial charge on any atom is -0.360 e. The zero-order valence-electron chi connectivity index (χ0n) is 14.7. The van der Waals surface area contributed by atoms with E-state index in [-0.39, 0.29) is 6.04 Å². The van der Waals surface area contributed by atoms with Crippen LogP contribution in [-0.2, 0) is 7.05 Å². The monoisotopic (exact) mass is 376 g/mol. The third-order valence-corrected chi connectivity index (χ3v) is 5.51. The quantitative estimate of drug-likeness (QED) is 0.784. The van der Waals surface area contributed by atoms with Crippen molar-refractivity contribution in [2.75, 3.05) is 0 Å². The number of rotatable bonds is 4. The van der Waals surface area contributed by atoms with Gasteiger partial charge in [0.05, 0.1) is 0 Å². The fourth-order valence-electron chi connectivity index (χ4n) is 3.48. The van der Waals surface area contributed by atoms with Gasteiger partial charge in [-0.2, -0.15) is 0 Å². The molecule has 3 rings (SSSR count). The molecule has 1 aromatic heterocycles. The van der Waals surface area contributed by atoms with Crippen LogP contribution in [0.2, 0.25) is 5.02 Å². The molecule has 2 N–H and O–H groups in total. The maximum absolute atomic E-state index is 6.04. The van der Waals surface area contributed by atoms with Gasteiger partial charge in [-0.15, -0.1) is 0 Å². The van der Waals surface area contributed by atoms with E-state index in [9.17, 15) is 0 Å². The van der Waals surface area contributed by atoms with Gasteiger partial charge in [0.2, 0.25) is 0 Å². The molecule has 0 saturated heterocycles. The highest BCUT2D eigenvalue weighted by atomic mass is 35.5. The lowest BCUT2D eigenvalue weighted by molar-refractivity contribution is 0.307. The maximum atomic E-state index is 6.04. The van der Waals surface area contributed by atoms with Crippen LogP contribution < -0.4 is 10.6 Å². The molecule has 3 atom stereocenters. The van der Waals surface area contributed by atoms with E-state index >= 15 is 0 Å². The van der Waals surface area contributed by atoms with Crippen LogP contribution in [-0.4, -0.2) is 20.7 Å². The van der Waals surface area contributed by atoms with Gasteiger partial charge in [0, 0.05) is 30.5 Å². The molecule has 1 aliphatic rings. The van der Waals surface area contributed by atoms with Crippen LogP contribution in [0.15, 0.2) is 36.7 Å². The normalized spacial score (nSPS) is 21.6. The predicted octanol–water partition coefficient (Wildman–Crippen LogP) is 4.21. The number of hydrogen-bond acceptors (Lipinski definition) is 2. The van der Waals surface area contributed by atoms with Crippen molar-refractivity contribution in [1.29, 1.82) is 0 Å². The number of thiocarbonyl (C=S) groups is 1. The summed E-state index contributed by atoms with van der Waals surface area (Å²) >= 11 is 11.7. The highest BCUT2D eigenvalue weighted by Crippen LogP contribution is 2.25. The molecule has 0 unspecified atom stereocenters. The molecule has 0 spiro atoms. The molecule has 0 radical (unpaired) electrons. The van der Waals surface area contributed by atoms with E-state index in [1.165, 1.54) is 25.7 Å². The maximum Gasteiger partial charge on any atom is 0.167 e. The Kier molecular flexibility index (Phi) is 5.97. The number of nitrogens with zero attached hydrogens (tertiary/aromatic N) is 2. The Morgan fingerprint density at radius 1 is 1.28 bits per heavy atom. The molecule has 1 aromatic carbocycles. The van der Waals surface area contributed by atoms with E-state index in [1.54, 1.807) is 6.20 Å². The number of aryl methyl sites for hydroxylation is 1. The third kappa shape index (κ3) is 4.53. The Balaban J connectivity index is 1.76. The molecule has 134 valence electrons. The van der Waals surface area contributed by atoms with Gasteiger partial charge in [-0.1, -0.05) is 43.5 Å². The smallest absolute Gasteiger partial charge is 0.167 e. The minimum absolute atomic E-state index is 0.115. The van der Waals surface area contributed by atoms with Crippen LogP contribution in [0.3, 0.4) is 0 Å². The van der Waals surface area contributed by atoms with Crippen molar-refractivity contribution in [2.45, 2.75) is 44.7 Å². The number of halogens is 1. The molecular weight excluding hydrogens is 352 g/mol. The average molecular weight is 377 g/mol. The van der Waals surface area contributed by atoms with Crippen molar-refractivity contribution < 1.29 is 0 Å². The lowest BCUT2D eigenvalue weighted by atomic mass is 9.86. The number of benzene rings is 1. The van der Waals surface area contributed by atoms with Crippen LogP contribution in [0.25, 0.3) is 0 Å². The van der Waals surface area contributed by atoms with Crippen LogP contribution >= 0.6 is 23.8 Å². The summed E-state index contributed by atoms with van der Waals surface area (Å²) in [6.45, 7) is 2.30. The second-order valence-corrected chi connectivity index (χ2v) is 7.71. The van der Waals surface area contributed by atoms with Gasteiger partial charge in [0.15, 0.2) is 5.11 Å². The van der Waals surface area contributed by atoms with Crippen molar-refractivity contribution in [3.05, 3.63) is 53.1 Å². The Hall–Kier alpha value is -1.59. The van der Waals surface area contributed by atoms with E-state index in [4.69, 9.17) is 23.8 Å². The molecular formula is C19H25ClN4S. The predicted molar refractivity (Wildman–Crippen MR) is 107 cm³/mol. The lowest BCUT2D eigenvalue weighted by Crippen LogP contribution is -2.47. The fourth-order valence-corrected chi connectivity index (χ4v) is 3.87. The Labute approximate surface area is 160 Å². The topological polar surface area (TPSA) is 41.9 Å². The van der Waals surface area contributed by atoms with E-state index in [0.29, 0.717) is 17.1 Å². The highest BCUT2D eigenvalue weighted by Gasteiger charge is 2.24. The summed E-state index contributed by atoms with van der Waals surface area (Å²) in [5.41, 5.74) is 1.08. The van der Waals surface area contributed by atoms with E-state index < -0.39 is 0 Å². The molecule has 6 heteroatoms. The largest absolute Gasteiger partial charge is 0.360 e. The molecule has 0 bridgehead atoms. The molecule has 4 nitrogen and oxygen atoms in total. The van der Waals surface area contributed by atoms with Gasteiger partial charge >= 0.3 is 0 Å². The number of nitrogens with one attached hydrogen (secondary N) is 2. The summed E-state index contributed by atoms with van der Waals surface area (Å²) in [5.74, 6) is 1.57. The van der Waals surface area contributed by atoms with E-state index in [1.807, 2.05) is 42.1 Å². The van der Waals surface area contributed by atoms with Gasteiger partial charge in [-0.05, 0) is 48.7 Å². The first-order valence-corrected chi connectivity index (χ1v) is 9.63. The third-order valence-electron chi connectivity index (χ3n) is 5.02.